The molecule has 6 heteroatoms. The van der Waals surface area contributed by atoms with E-state index in [0.29, 0.717) is 11.6 Å². The van der Waals surface area contributed by atoms with Gasteiger partial charge in [0.05, 0.1) is 11.9 Å². The molecule has 1 N–H and O–H groups in total. The van der Waals surface area contributed by atoms with E-state index in [1.807, 2.05) is 33.8 Å². The van der Waals surface area contributed by atoms with Gasteiger partial charge >= 0.3 is 0 Å². The van der Waals surface area contributed by atoms with Crippen LogP contribution in [0.2, 0.25) is 0 Å². The number of hydrogen-bond acceptors (Lipinski definition) is 3. The molecule has 0 bridgehead atoms. The monoisotopic (exact) mass is 312 g/mol. The van der Waals surface area contributed by atoms with Gasteiger partial charge in [-0.2, -0.15) is 0 Å². The molecule has 1 aromatic rings. The summed E-state index contributed by atoms with van der Waals surface area (Å²) in [6.45, 7) is 7.57. The second-order valence-electron chi connectivity index (χ2n) is 5.71. The minimum atomic E-state index is -3.51. The maximum atomic E-state index is 12.1. The van der Waals surface area contributed by atoms with Crippen LogP contribution in [0.15, 0.2) is 24.3 Å². The number of nitrogens with one attached hydrogen (secondary N) is 1. The van der Waals surface area contributed by atoms with Crippen molar-refractivity contribution in [1.82, 2.24) is 5.32 Å². The predicted octanol–water partition coefficient (Wildman–Crippen LogP) is 1.92. The molecule has 1 unspecified atom stereocenters. The molecule has 0 spiro atoms. The van der Waals surface area contributed by atoms with Gasteiger partial charge in [-0.25, -0.2) is 8.42 Å². The Morgan fingerprint density at radius 1 is 1.29 bits per heavy atom. The number of amides is 1. The van der Waals surface area contributed by atoms with Gasteiger partial charge in [0.15, 0.2) is 0 Å². The van der Waals surface area contributed by atoms with Crippen LogP contribution in [0, 0.1) is 12.8 Å². The second kappa shape index (κ2) is 6.93. The van der Waals surface area contributed by atoms with Gasteiger partial charge in [-0.1, -0.05) is 26.0 Å². The average Bonchev–Trinajstić information content (AvgIpc) is 2.34. The fourth-order valence-electron chi connectivity index (χ4n) is 1.78. The number of anilines is 1. The van der Waals surface area contributed by atoms with E-state index >= 15 is 0 Å². The molecule has 5 nitrogen and oxygen atoms in total. The van der Waals surface area contributed by atoms with Crippen molar-refractivity contribution in [2.45, 2.75) is 33.7 Å². The summed E-state index contributed by atoms with van der Waals surface area (Å²) in [6.07, 6.45) is 1.11. The molecule has 0 saturated heterocycles. The standard InChI is InChI=1S/C15H24N2O3S/c1-11(2)13(4)16-15(18)10-17(21(5,19)20)14-8-6-7-12(3)9-14/h6-9,11,13H,10H2,1-5H3,(H,16,18). The normalized spacial score (nSPS) is 13.0. The van der Waals surface area contributed by atoms with Gasteiger partial charge in [-0.05, 0) is 37.5 Å². The van der Waals surface area contributed by atoms with Gasteiger partial charge in [-0.3, -0.25) is 9.10 Å². The third-order valence-corrected chi connectivity index (χ3v) is 4.51. The van der Waals surface area contributed by atoms with Crippen molar-refractivity contribution < 1.29 is 13.2 Å². The van der Waals surface area contributed by atoms with Crippen LogP contribution in [0.3, 0.4) is 0 Å². The molecule has 1 amide bonds. The molecule has 0 aliphatic rings. The molecule has 0 aliphatic heterocycles. The van der Waals surface area contributed by atoms with E-state index in [-0.39, 0.29) is 18.5 Å². The number of hydrogen-bond donors (Lipinski definition) is 1. The van der Waals surface area contributed by atoms with E-state index in [2.05, 4.69) is 5.32 Å². The summed E-state index contributed by atoms with van der Waals surface area (Å²) in [4.78, 5) is 12.1. The largest absolute Gasteiger partial charge is 0.352 e. The van der Waals surface area contributed by atoms with Crippen LogP contribution in [0.1, 0.15) is 26.3 Å². The van der Waals surface area contributed by atoms with E-state index in [4.69, 9.17) is 0 Å². The molecule has 1 aromatic carbocycles. The van der Waals surface area contributed by atoms with Crippen molar-refractivity contribution in [1.29, 1.82) is 0 Å². The summed E-state index contributed by atoms with van der Waals surface area (Å²) in [5.41, 5.74) is 1.45. The SMILES string of the molecule is Cc1cccc(N(CC(=O)NC(C)C(C)C)S(C)(=O)=O)c1. The van der Waals surface area contributed by atoms with Crippen LogP contribution >= 0.6 is 0 Å². The Labute approximate surface area is 127 Å². The van der Waals surface area contributed by atoms with Crippen molar-refractivity contribution in [2.75, 3.05) is 17.1 Å². The lowest BCUT2D eigenvalue weighted by Crippen LogP contribution is -2.44. The van der Waals surface area contributed by atoms with Crippen molar-refractivity contribution in [3.8, 4) is 0 Å². The fourth-order valence-corrected chi connectivity index (χ4v) is 2.63. The maximum absolute atomic E-state index is 12.1. The summed E-state index contributed by atoms with van der Waals surface area (Å²) in [5.74, 6) is -0.0114. The van der Waals surface area contributed by atoms with Gasteiger partial charge in [0.25, 0.3) is 0 Å². The summed E-state index contributed by atoms with van der Waals surface area (Å²) >= 11 is 0. The molecule has 1 rings (SSSR count). The third-order valence-electron chi connectivity index (χ3n) is 3.37. The molecule has 21 heavy (non-hydrogen) atoms. The van der Waals surface area contributed by atoms with E-state index in [9.17, 15) is 13.2 Å². The first-order chi connectivity index (χ1) is 9.61. The Bertz CT molecular complexity index is 597. The maximum Gasteiger partial charge on any atom is 0.240 e. The van der Waals surface area contributed by atoms with Crippen LogP contribution in [0.4, 0.5) is 5.69 Å². The van der Waals surface area contributed by atoms with Crippen molar-refractivity contribution >= 4 is 21.6 Å². The average molecular weight is 312 g/mol. The Balaban J connectivity index is 2.94. The number of nitrogens with zero attached hydrogens (tertiary/aromatic N) is 1. The van der Waals surface area contributed by atoms with Crippen molar-refractivity contribution in [3.63, 3.8) is 0 Å². The van der Waals surface area contributed by atoms with Crippen LogP contribution in [-0.4, -0.2) is 33.2 Å². The summed E-state index contributed by atoms with van der Waals surface area (Å²) in [5, 5.41) is 2.82. The molecule has 1 atom stereocenters. The Kier molecular flexibility index (Phi) is 5.78. The first-order valence-corrected chi connectivity index (χ1v) is 8.80. The summed E-state index contributed by atoms with van der Waals surface area (Å²) in [7, 11) is -3.51. The van der Waals surface area contributed by atoms with Crippen molar-refractivity contribution in [2.24, 2.45) is 5.92 Å². The molecular formula is C15H24N2O3S. The van der Waals surface area contributed by atoms with Gasteiger partial charge in [0, 0.05) is 6.04 Å². The zero-order valence-electron chi connectivity index (χ0n) is 13.3. The van der Waals surface area contributed by atoms with E-state index in [1.165, 1.54) is 0 Å². The second-order valence-corrected chi connectivity index (χ2v) is 7.62. The highest BCUT2D eigenvalue weighted by atomic mass is 32.2. The lowest BCUT2D eigenvalue weighted by molar-refractivity contribution is -0.120. The Hall–Kier alpha value is -1.56. The van der Waals surface area contributed by atoms with Crippen LogP contribution < -0.4 is 9.62 Å². The topological polar surface area (TPSA) is 66.5 Å². The highest BCUT2D eigenvalue weighted by Gasteiger charge is 2.22. The molecule has 0 radical (unpaired) electrons. The molecule has 118 valence electrons. The summed E-state index contributed by atoms with van der Waals surface area (Å²) < 4.78 is 25.0. The highest BCUT2D eigenvalue weighted by Crippen LogP contribution is 2.18. The first kappa shape index (κ1) is 17.5. The third kappa shape index (κ3) is 5.38. The highest BCUT2D eigenvalue weighted by molar-refractivity contribution is 7.92. The van der Waals surface area contributed by atoms with E-state index in [1.54, 1.807) is 18.2 Å². The number of sulfonamides is 1. The molecule has 0 aromatic heterocycles. The molecular weight excluding hydrogens is 288 g/mol. The van der Waals surface area contributed by atoms with Crippen LogP contribution in [0.5, 0.6) is 0 Å². The summed E-state index contributed by atoms with van der Waals surface area (Å²) in [6, 6.07) is 7.09. The predicted molar refractivity (Wildman–Crippen MR) is 85.8 cm³/mol. The van der Waals surface area contributed by atoms with Crippen LogP contribution in [0.25, 0.3) is 0 Å². The number of aryl methyl sites for hydroxylation is 1. The quantitative estimate of drug-likeness (QED) is 0.872. The smallest absolute Gasteiger partial charge is 0.240 e. The Morgan fingerprint density at radius 3 is 2.38 bits per heavy atom. The zero-order valence-corrected chi connectivity index (χ0v) is 14.1. The molecule has 0 heterocycles. The number of carbonyl (C=O) groups excluding carboxylic acids is 1. The van der Waals surface area contributed by atoms with Crippen molar-refractivity contribution in [3.05, 3.63) is 29.8 Å². The van der Waals surface area contributed by atoms with Gasteiger partial charge in [-0.15, -0.1) is 0 Å². The number of carbonyl (C=O) groups is 1. The lowest BCUT2D eigenvalue weighted by atomic mass is 10.1. The minimum absolute atomic E-state index is 0.00332. The Morgan fingerprint density at radius 2 is 1.90 bits per heavy atom. The molecule has 0 aliphatic carbocycles. The number of benzene rings is 1. The molecule has 0 saturated carbocycles. The minimum Gasteiger partial charge on any atom is -0.352 e. The zero-order chi connectivity index (χ0) is 16.2. The first-order valence-electron chi connectivity index (χ1n) is 6.95. The van der Waals surface area contributed by atoms with Gasteiger partial charge < -0.3 is 5.32 Å². The van der Waals surface area contributed by atoms with Gasteiger partial charge in [0.2, 0.25) is 15.9 Å². The van der Waals surface area contributed by atoms with Gasteiger partial charge in [0.1, 0.15) is 6.54 Å². The fraction of sp³-hybridized carbons (Fsp3) is 0.533. The van der Waals surface area contributed by atoms with Crippen LogP contribution in [-0.2, 0) is 14.8 Å². The van der Waals surface area contributed by atoms with E-state index in [0.717, 1.165) is 16.1 Å². The number of rotatable bonds is 6. The van der Waals surface area contributed by atoms with E-state index < -0.39 is 10.0 Å². The lowest BCUT2D eigenvalue weighted by Gasteiger charge is -2.24. The molecule has 0 fully saturated rings.